The number of anilines is 1. The zero-order chi connectivity index (χ0) is 13.0. The van der Waals surface area contributed by atoms with E-state index in [1.807, 2.05) is 29.5 Å². The molecule has 2 heterocycles. The molecule has 0 aromatic carbocycles. The minimum absolute atomic E-state index is 0.245. The van der Waals surface area contributed by atoms with Gasteiger partial charge in [-0.25, -0.2) is 9.37 Å². The van der Waals surface area contributed by atoms with Gasteiger partial charge in [-0.1, -0.05) is 6.07 Å². The van der Waals surface area contributed by atoms with Gasteiger partial charge in [-0.05, 0) is 24.6 Å². The molecule has 0 atom stereocenters. The summed E-state index contributed by atoms with van der Waals surface area (Å²) >= 11 is 1.66. The number of hydrogen-bond acceptors (Lipinski definition) is 4. The van der Waals surface area contributed by atoms with Crippen LogP contribution in [0.4, 0.5) is 10.2 Å². The van der Waals surface area contributed by atoms with Crippen LogP contribution in [0.2, 0.25) is 0 Å². The van der Waals surface area contributed by atoms with Crippen molar-refractivity contribution in [3.63, 3.8) is 0 Å². The fraction of sp³-hybridized carbons (Fsp3) is 0.308. The van der Waals surface area contributed by atoms with E-state index in [-0.39, 0.29) is 5.82 Å². The summed E-state index contributed by atoms with van der Waals surface area (Å²) in [7, 11) is 3.66. The van der Waals surface area contributed by atoms with Crippen LogP contribution in [0, 0.1) is 5.82 Å². The van der Waals surface area contributed by atoms with Crippen molar-refractivity contribution in [3.05, 3.63) is 46.0 Å². The number of nitrogens with zero attached hydrogens (tertiary/aromatic N) is 2. The summed E-state index contributed by atoms with van der Waals surface area (Å²) < 4.78 is 14.2. The fourth-order valence-electron chi connectivity index (χ4n) is 1.78. The van der Waals surface area contributed by atoms with Crippen LogP contribution < -0.4 is 10.2 Å². The van der Waals surface area contributed by atoms with Crippen molar-refractivity contribution in [1.82, 2.24) is 10.3 Å². The highest BCUT2D eigenvalue weighted by molar-refractivity contribution is 7.09. The molecule has 0 amide bonds. The van der Waals surface area contributed by atoms with Gasteiger partial charge in [-0.2, -0.15) is 0 Å². The molecule has 1 N–H and O–H groups in total. The molecule has 0 fully saturated rings. The first-order valence-electron chi connectivity index (χ1n) is 5.74. The van der Waals surface area contributed by atoms with Crippen LogP contribution in [-0.4, -0.2) is 19.1 Å². The van der Waals surface area contributed by atoms with E-state index in [1.54, 1.807) is 30.6 Å². The molecule has 0 saturated heterocycles. The maximum atomic E-state index is 14.2. The van der Waals surface area contributed by atoms with Crippen LogP contribution in [-0.2, 0) is 13.1 Å². The SMILES string of the molecule is CNCc1ccnc(N(C)Cc2cccs2)c1F. The van der Waals surface area contributed by atoms with E-state index in [2.05, 4.69) is 10.3 Å². The second kappa shape index (κ2) is 5.93. The molecule has 2 aromatic heterocycles. The van der Waals surface area contributed by atoms with Gasteiger partial charge in [0.2, 0.25) is 0 Å². The Morgan fingerprint density at radius 2 is 2.28 bits per heavy atom. The van der Waals surface area contributed by atoms with Crippen molar-refractivity contribution in [3.8, 4) is 0 Å². The van der Waals surface area contributed by atoms with E-state index in [0.29, 0.717) is 24.5 Å². The normalized spacial score (nSPS) is 10.6. The van der Waals surface area contributed by atoms with E-state index in [0.717, 1.165) is 0 Å². The smallest absolute Gasteiger partial charge is 0.170 e. The molecule has 0 bridgehead atoms. The lowest BCUT2D eigenvalue weighted by Crippen LogP contribution is -2.20. The van der Waals surface area contributed by atoms with Crippen molar-refractivity contribution in [2.45, 2.75) is 13.1 Å². The van der Waals surface area contributed by atoms with E-state index >= 15 is 0 Å². The van der Waals surface area contributed by atoms with Gasteiger partial charge in [-0.15, -0.1) is 11.3 Å². The molecule has 2 aromatic rings. The molecule has 0 aliphatic heterocycles. The number of thiophene rings is 1. The third-order valence-corrected chi connectivity index (χ3v) is 3.51. The summed E-state index contributed by atoms with van der Waals surface area (Å²) in [6, 6.07) is 5.74. The number of nitrogens with one attached hydrogen (secondary N) is 1. The molecule has 0 aliphatic carbocycles. The Morgan fingerprint density at radius 1 is 1.44 bits per heavy atom. The third-order valence-electron chi connectivity index (χ3n) is 2.65. The van der Waals surface area contributed by atoms with E-state index in [4.69, 9.17) is 0 Å². The Labute approximate surface area is 110 Å². The molecule has 3 nitrogen and oxygen atoms in total. The lowest BCUT2D eigenvalue weighted by atomic mass is 10.2. The van der Waals surface area contributed by atoms with Gasteiger partial charge in [0.25, 0.3) is 0 Å². The van der Waals surface area contributed by atoms with E-state index < -0.39 is 0 Å². The molecular formula is C13H16FN3S. The molecule has 0 spiro atoms. The summed E-state index contributed by atoms with van der Waals surface area (Å²) in [5.41, 5.74) is 0.639. The first-order chi connectivity index (χ1) is 8.72. The molecule has 0 saturated carbocycles. The number of hydrogen-bond donors (Lipinski definition) is 1. The van der Waals surface area contributed by atoms with Crippen LogP contribution in [0.1, 0.15) is 10.4 Å². The van der Waals surface area contributed by atoms with Crippen molar-refractivity contribution in [2.24, 2.45) is 0 Å². The van der Waals surface area contributed by atoms with Gasteiger partial charge in [-0.3, -0.25) is 0 Å². The quantitative estimate of drug-likeness (QED) is 0.901. The Morgan fingerprint density at radius 3 is 2.94 bits per heavy atom. The van der Waals surface area contributed by atoms with Gasteiger partial charge in [0.15, 0.2) is 11.6 Å². The average Bonchev–Trinajstić information content (AvgIpc) is 2.85. The van der Waals surface area contributed by atoms with Gasteiger partial charge in [0, 0.05) is 30.2 Å². The Kier molecular flexibility index (Phi) is 4.28. The Hall–Kier alpha value is -1.46. The second-order valence-corrected chi connectivity index (χ2v) is 5.11. The molecule has 5 heteroatoms. The third kappa shape index (κ3) is 2.86. The number of aromatic nitrogens is 1. The molecule has 0 aliphatic rings. The summed E-state index contributed by atoms with van der Waals surface area (Å²) in [5.74, 6) is 0.155. The summed E-state index contributed by atoms with van der Waals surface area (Å²) in [5, 5.41) is 4.97. The first kappa shape index (κ1) is 13.0. The molecule has 96 valence electrons. The summed E-state index contributed by atoms with van der Waals surface area (Å²) in [6.07, 6.45) is 1.65. The van der Waals surface area contributed by atoms with Crippen LogP contribution in [0.5, 0.6) is 0 Å². The average molecular weight is 265 g/mol. The summed E-state index contributed by atoms with van der Waals surface area (Å²) in [4.78, 5) is 7.16. The molecule has 18 heavy (non-hydrogen) atoms. The Balaban J connectivity index is 2.19. The maximum absolute atomic E-state index is 14.2. The van der Waals surface area contributed by atoms with Gasteiger partial charge < -0.3 is 10.2 Å². The number of rotatable bonds is 5. The predicted octanol–water partition coefficient (Wildman–Crippen LogP) is 2.64. The molecule has 0 unspecified atom stereocenters. The van der Waals surface area contributed by atoms with Gasteiger partial charge in [0.05, 0.1) is 6.54 Å². The minimum Gasteiger partial charge on any atom is -0.352 e. The van der Waals surface area contributed by atoms with E-state index in [1.165, 1.54) is 4.88 Å². The maximum Gasteiger partial charge on any atom is 0.170 e. The number of pyridine rings is 1. The van der Waals surface area contributed by atoms with Gasteiger partial charge in [0.1, 0.15) is 0 Å². The highest BCUT2D eigenvalue weighted by Crippen LogP contribution is 2.21. The zero-order valence-electron chi connectivity index (χ0n) is 10.5. The summed E-state index contributed by atoms with van der Waals surface area (Å²) in [6.45, 7) is 1.18. The van der Waals surface area contributed by atoms with Crippen molar-refractivity contribution in [1.29, 1.82) is 0 Å². The zero-order valence-corrected chi connectivity index (χ0v) is 11.3. The topological polar surface area (TPSA) is 28.2 Å². The Bertz CT molecular complexity index is 499. The monoisotopic (exact) mass is 265 g/mol. The number of halogens is 1. The minimum atomic E-state index is -0.245. The van der Waals surface area contributed by atoms with Crippen molar-refractivity contribution in [2.75, 3.05) is 19.0 Å². The van der Waals surface area contributed by atoms with Crippen molar-refractivity contribution >= 4 is 17.2 Å². The lowest BCUT2D eigenvalue weighted by molar-refractivity contribution is 0.590. The second-order valence-electron chi connectivity index (χ2n) is 4.07. The van der Waals surface area contributed by atoms with Gasteiger partial charge >= 0.3 is 0 Å². The predicted molar refractivity (Wildman–Crippen MR) is 73.4 cm³/mol. The molecule has 0 radical (unpaired) electrons. The molecule has 2 rings (SSSR count). The molecular weight excluding hydrogens is 249 g/mol. The van der Waals surface area contributed by atoms with Crippen LogP contribution in [0.25, 0.3) is 0 Å². The van der Waals surface area contributed by atoms with Crippen LogP contribution in [0.15, 0.2) is 29.8 Å². The van der Waals surface area contributed by atoms with E-state index in [9.17, 15) is 4.39 Å². The van der Waals surface area contributed by atoms with Crippen LogP contribution >= 0.6 is 11.3 Å². The largest absolute Gasteiger partial charge is 0.352 e. The standard InChI is InChI=1S/C13H16FN3S/c1-15-8-10-5-6-16-13(12(10)14)17(2)9-11-4-3-7-18-11/h3-7,15H,8-9H2,1-2H3. The van der Waals surface area contributed by atoms with Crippen LogP contribution in [0.3, 0.4) is 0 Å². The fourth-order valence-corrected chi connectivity index (χ4v) is 2.53. The first-order valence-corrected chi connectivity index (χ1v) is 6.62. The lowest BCUT2D eigenvalue weighted by Gasteiger charge is -2.19. The highest BCUT2D eigenvalue weighted by atomic mass is 32.1. The van der Waals surface area contributed by atoms with Crippen molar-refractivity contribution < 1.29 is 4.39 Å². The highest BCUT2D eigenvalue weighted by Gasteiger charge is 2.13.